The summed E-state index contributed by atoms with van der Waals surface area (Å²) < 4.78 is 11.9. The number of rotatable bonds is 6. The summed E-state index contributed by atoms with van der Waals surface area (Å²) in [5.41, 5.74) is 0.986. The molecule has 0 atom stereocenters. The molecule has 19 heavy (non-hydrogen) atoms. The fraction of sp³-hybridized carbons (Fsp3) is 0.357. The maximum atomic E-state index is 5.74. The van der Waals surface area contributed by atoms with E-state index in [1.54, 1.807) is 13.3 Å². The number of aromatic nitrogens is 1. The Bertz CT molecular complexity index is 540. The molecule has 1 aromatic carbocycles. The van der Waals surface area contributed by atoms with Gasteiger partial charge in [-0.1, -0.05) is 0 Å². The lowest BCUT2D eigenvalue weighted by atomic mass is 10.2. The molecule has 1 aromatic heterocycles. The summed E-state index contributed by atoms with van der Waals surface area (Å²) in [5, 5.41) is 3.11. The van der Waals surface area contributed by atoms with E-state index in [-0.39, 0.29) is 0 Å². The third-order valence-electron chi connectivity index (χ3n) is 2.81. The summed E-state index contributed by atoms with van der Waals surface area (Å²) in [6.07, 6.45) is 3.63. The number of methoxy groups -OCH3 is 1. The van der Waals surface area contributed by atoms with Crippen molar-refractivity contribution in [1.29, 1.82) is 0 Å². The Kier molecular flexibility index (Phi) is 4.99. The Balaban J connectivity index is 2.11. The van der Waals surface area contributed by atoms with Gasteiger partial charge in [-0.2, -0.15) is 0 Å². The average Bonchev–Trinajstić information content (AvgIpc) is 2.88. The highest BCUT2D eigenvalue weighted by atomic mass is 79.9. The predicted octanol–water partition coefficient (Wildman–Crippen LogP) is 3.26. The summed E-state index contributed by atoms with van der Waals surface area (Å²) in [6, 6.07) is 5.83. The molecule has 0 aliphatic carbocycles. The molecule has 5 heteroatoms. The van der Waals surface area contributed by atoms with Crippen LogP contribution >= 0.6 is 15.9 Å². The molecule has 0 aliphatic rings. The first-order valence-electron chi connectivity index (χ1n) is 6.18. The Morgan fingerprint density at radius 1 is 1.42 bits per heavy atom. The first-order chi connectivity index (χ1) is 9.24. The number of hydrogen-bond donors (Lipinski definition) is 1. The van der Waals surface area contributed by atoms with Crippen LogP contribution in [-0.4, -0.2) is 25.7 Å². The second kappa shape index (κ2) is 6.73. The SMILES string of the molecule is CNCCCc1ncc(-c2ccc(OC)c(Br)c2)o1. The van der Waals surface area contributed by atoms with Gasteiger partial charge in [0, 0.05) is 12.0 Å². The number of benzene rings is 1. The third kappa shape index (κ3) is 3.58. The van der Waals surface area contributed by atoms with Gasteiger partial charge in [0.15, 0.2) is 11.7 Å². The van der Waals surface area contributed by atoms with Crippen molar-refractivity contribution in [3.8, 4) is 17.1 Å². The van der Waals surface area contributed by atoms with Crippen molar-refractivity contribution in [2.75, 3.05) is 20.7 Å². The van der Waals surface area contributed by atoms with Crippen LogP contribution in [0.2, 0.25) is 0 Å². The molecule has 0 saturated heterocycles. The van der Waals surface area contributed by atoms with E-state index in [4.69, 9.17) is 9.15 Å². The first kappa shape index (κ1) is 14.1. The van der Waals surface area contributed by atoms with Crippen molar-refractivity contribution >= 4 is 15.9 Å². The lowest BCUT2D eigenvalue weighted by Gasteiger charge is -2.04. The molecular formula is C14H17BrN2O2. The molecule has 102 valence electrons. The molecule has 0 fully saturated rings. The van der Waals surface area contributed by atoms with Crippen molar-refractivity contribution in [3.05, 3.63) is 34.8 Å². The van der Waals surface area contributed by atoms with Crippen molar-refractivity contribution in [2.45, 2.75) is 12.8 Å². The first-order valence-corrected chi connectivity index (χ1v) is 6.97. The van der Waals surface area contributed by atoms with Crippen LogP contribution in [0.5, 0.6) is 5.75 Å². The standard InChI is InChI=1S/C14H17BrN2O2/c1-16-7-3-4-14-17-9-13(19-14)10-5-6-12(18-2)11(15)8-10/h5-6,8-9,16H,3-4,7H2,1-2H3. The van der Waals surface area contributed by atoms with Crippen LogP contribution in [0.1, 0.15) is 12.3 Å². The van der Waals surface area contributed by atoms with Gasteiger partial charge >= 0.3 is 0 Å². The molecule has 0 radical (unpaired) electrons. The minimum atomic E-state index is 0.775. The second-order valence-corrected chi connectivity index (χ2v) is 5.03. The van der Waals surface area contributed by atoms with Gasteiger partial charge < -0.3 is 14.5 Å². The summed E-state index contributed by atoms with van der Waals surface area (Å²) >= 11 is 3.47. The normalized spacial score (nSPS) is 10.7. The number of nitrogens with zero attached hydrogens (tertiary/aromatic N) is 1. The van der Waals surface area contributed by atoms with Gasteiger partial charge in [0.25, 0.3) is 0 Å². The molecule has 1 heterocycles. The Morgan fingerprint density at radius 2 is 2.26 bits per heavy atom. The summed E-state index contributed by atoms with van der Waals surface area (Å²) in [5.74, 6) is 2.36. The smallest absolute Gasteiger partial charge is 0.194 e. The topological polar surface area (TPSA) is 47.3 Å². The average molecular weight is 325 g/mol. The molecule has 1 N–H and O–H groups in total. The molecule has 2 aromatic rings. The van der Waals surface area contributed by atoms with Crippen LogP contribution in [-0.2, 0) is 6.42 Å². The van der Waals surface area contributed by atoms with Gasteiger partial charge in [-0.25, -0.2) is 4.98 Å². The van der Waals surface area contributed by atoms with E-state index in [0.717, 1.165) is 46.8 Å². The van der Waals surface area contributed by atoms with E-state index in [2.05, 4.69) is 26.2 Å². The molecule has 2 rings (SSSR count). The quantitative estimate of drug-likeness (QED) is 0.828. The summed E-state index contributed by atoms with van der Waals surface area (Å²) in [4.78, 5) is 4.30. The summed E-state index contributed by atoms with van der Waals surface area (Å²) in [7, 11) is 3.59. The maximum Gasteiger partial charge on any atom is 0.194 e. The molecule has 0 saturated carbocycles. The highest BCUT2D eigenvalue weighted by molar-refractivity contribution is 9.10. The Labute approximate surface area is 121 Å². The lowest BCUT2D eigenvalue weighted by molar-refractivity contribution is 0.412. The predicted molar refractivity (Wildman–Crippen MR) is 78.4 cm³/mol. The van der Waals surface area contributed by atoms with Crippen molar-refractivity contribution < 1.29 is 9.15 Å². The van der Waals surface area contributed by atoms with E-state index in [1.165, 1.54) is 0 Å². The van der Waals surface area contributed by atoms with Gasteiger partial charge in [-0.05, 0) is 54.1 Å². The van der Waals surface area contributed by atoms with E-state index in [0.29, 0.717) is 0 Å². The van der Waals surface area contributed by atoms with E-state index in [1.807, 2.05) is 25.2 Å². The number of nitrogens with one attached hydrogen (secondary N) is 1. The van der Waals surface area contributed by atoms with Crippen molar-refractivity contribution in [2.24, 2.45) is 0 Å². The molecule has 0 spiro atoms. The van der Waals surface area contributed by atoms with E-state index in [9.17, 15) is 0 Å². The van der Waals surface area contributed by atoms with Crippen molar-refractivity contribution in [1.82, 2.24) is 10.3 Å². The number of oxazole rings is 1. The van der Waals surface area contributed by atoms with Crippen LogP contribution < -0.4 is 10.1 Å². The number of ether oxygens (including phenoxy) is 1. The van der Waals surface area contributed by atoms with E-state index >= 15 is 0 Å². The van der Waals surface area contributed by atoms with E-state index < -0.39 is 0 Å². The molecule has 0 aliphatic heterocycles. The van der Waals surface area contributed by atoms with Crippen LogP contribution in [0.15, 0.2) is 33.3 Å². The van der Waals surface area contributed by atoms with Crippen molar-refractivity contribution in [3.63, 3.8) is 0 Å². The largest absolute Gasteiger partial charge is 0.496 e. The third-order valence-corrected chi connectivity index (χ3v) is 3.43. The highest BCUT2D eigenvalue weighted by Gasteiger charge is 2.08. The molecule has 4 nitrogen and oxygen atoms in total. The highest BCUT2D eigenvalue weighted by Crippen LogP contribution is 2.30. The number of hydrogen-bond acceptors (Lipinski definition) is 4. The van der Waals surface area contributed by atoms with Gasteiger partial charge in [0.2, 0.25) is 0 Å². The minimum Gasteiger partial charge on any atom is -0.496 e. The molecular weight excluding hydrogens is 308 g/mol. The fourth-order valence-electron chi connectivity index (χ4n) is 1.80. The minimum absolute atomic E-state index is 0.775. The van der Waals surface area contributed by atoms with Gasteiger partial charge in [0.05, 0.1) is 17.8 Å². The second-order valence-electron chi connectivity index (χ2n) is 4.17. The zero-order valence-electron chi connectivity index (χ0n) is 11.1. The zero-order valence-corrected chi connectivity index (χ0v) is 12.7. The van der Waals surface area contributed by atoms with Gasteiger partial charge in [-0.15, -0.1) is 0 Å². The molecule has 0 bridgehead atoms. The maximum absolute atomic E-state index is 5.74. The van der Waals surface area contributed by atoms with Crippen LogP contribution in [0.25, 0.3) is 11.3 Å². The Morgan fingerprint density at radius 3 is 2.95 bits per heavy atom. The Hall–Kier alpha value is -1.33. The molecule has 0 amide bonds. The number of aryl methyl sites for hydroxylation is 1. The summed E-state index contributed by atoms with van der Waals surface area (Å²) in [6.45, 7) is 0.964. The van der Waals surface area contributed by atoms with Gasteiger partial charge in [0.1, 0.15) is 5.75 Å². The fourth-order valence-corrected chi connectivity index (χ4v) is 2.34. The van der Waals surface area contributed by atoms with Gasteiger partial charge in [-0.3, -0.25) is 0 Å². The molecule has 0 unspecified atom stereocenters. The van der Waals surface area contributed by atoms with Crippen LogP contribution in [0.4, 0.5) is 0 Å². The van der Waals surface area contributed by atoms with Crippen LogP contribution in [0, 0.1) is 0 Å². The zero-order chi connectivity index (χ0) is 13.7. The monoisotopic (exact) mass is 324 g/mol. The number of halogens is 1. The van der Waals surface area contributed by atoms with Crippen LogP contribution in [0.3, 0.4) is 0 Å². The lowest BCUT2D eigenvalue weighted by Crippen LogP contribution is -2.08.